The van der Waals surface area contributed by atoms with Crippen molar-refractivity contribution in [1.82, 2.24) is 5.32 Å². The smallest absolute Gasteiger partial charge is 0.128 e. The highest BCUT2D eigenvalue weighted by molar-refractivity contribution is 9.10. The first kappa shape index (κ1) is 16.1. The highest BCUT2D eigenvalue weighted by atomic mass is 79.9. The summed E-state index contributed by atoms with van der Waals surface area (Å²) in [5, 5.41) is 3.29. The molecule has 2 aromatic carbocycles. The third-order valence-electron chi connectivity index (χ3n) is 3.39. The molecule has 0 heterocycles. The van der Waals surface area contributed by atoms with Crippen LogP contribution in [0, 0.1) is 18.6 Å². The first-order valence-corrected chi connectivity index (χ1v) is 7.76. The molecule has 0 saturated heterocycles. The topological polar surface area (TPSA) is 12.0 Å². The van der Waals surface area contributed by atoms with Gasteiger partial charge in [-0.1, -0.05) is 35.0 Å². The number of nitrogens with one attached hydrogen (secondary N) is 1. The summed E-state index contributed by atoms with van der Waals surface area (Å²) in [6, 6.07) is 9.82. The minimum absolute atomic E-state index is 0.321. The molecule has 0 bridgehead atoms. The summed E-state index contributed by atoms with van der Waals surface area (Å²) >= 11 is 3.38. The van der Waals surface area contributed by atoms with Crippen molar-refractivity contribution in [3.05, 3.63) is 69.2 Å². The molecule has 0 aliphatic rings. The summed E-state index contributed by atoms with van der Waals surface area (Å²) in [4.78, 5) is 0. The van der Waals surface area contributed by atoms with Gasteiger partial charge < -0.3 is 5.32 Å². The second kappa shape index (κ2) is 7.14. The number of hydrogen-bond acceptors (Lipinski definition) is 1. The lowest BCUT2D eigenvalue weighted by atomic mass is 9.97. The molecule has 0 fully saturated rings. The van der Waals surface area contributed by atoms with E-state index in [1.165, 1.54) is 12.1 Å². The van der Waals surface area contributed by atoms with Crippen LogP contribution in [0.1, 0.15) is 36.1 Å². The second-order valence-corrected chi connectivity index (χ2v) is 5.98. The van der Waals surface area contributed by atoms with E-state index in [1.807, 2.05) is 31.2 Å². The third kappa shape index (κ3) is 3.89. The SMILES string of the molecule is CCCNC(c1ccc(Br)cc1)c1cc(F)c(C)cc1F. The molecular weight excluding hydrogens is 336 g/mol. The molecule has 2 aromatic rings. The Morgan fingerprint density at radius 1 is 1.10 bits per heavy atom. The molecule has 1 atom stereocenters. The Balaban J connectivity index is 2.45. The number of halogens is 3. The Morgan fingerprint density at radius 3 is 2.38 bits per heavy atom. The van der Waals surface area contributed by atoms with Crippen molar-refractivity contribution in [3.8, 4) is 0 Å². The molecule has 0 aliphatic carbocycles. The molecule has 2 rings (SSSR count). The van der Waals surface area contributed by atoms with Crippen LogP contribution >= 0.6 is 15.9 Å². The normalized spacial score (nSPS) is 12.4. The van der Waals surface area contributed by atoms with E-state index in [1.54, 1.807) is 6.92 Å². The van der Waals surface area contributed by atoms with Gasteiger partial charge in [0, 0.05) is 10.0 Å². The highest BCUT2D eigenvalue weighted by Gasteiger charge is 2.19. The van der Waals surface area contributed by atoms with Crippen LogP contribution < -0.4 is 5.32 Å². The largest absolute Gasteiger partial charge is 0.306 e. The maximum absolute atomic E-state index is 14.3. The van der Waals surface area contributed by atoms with Crippen LogP contribution in [0.4, 0.5) is 8.78 Å². The second-order valence-electron chi connectivity index (χ2n) is 5.06. The van der Waals surface area contributed by atoms with Gasteiger partial charge in [-0.2, -0.15) is 0 Å². The summed E-state index contributed by atoms with van der Waals surface area (Å²) in [6.07, 6.45) is 0.920. The molecule has 0 aromatic heterocycles. The summed E-state index contributed by atoms with van der Waals surface area (Å²) in [5.74, 6) is -0.766. The third-order valence-corrected chi connectivity index (χ3v) is 3.92. The van der Waals surface area contributed by atoms with E-state index in [2.05, 4.69) is 21.2 Å². The minimum atomic E-state index is -0.384. The Morgan fingerprint density at radius 2 is 1.76 bits per heavy atom. The van der Waals surface area contributed by atoms with E-state index in [-0.39, 0.29) is 17.7 Å². The fourth-order valence-corrected chi connectivity index (χ4v) is 2.50. The van der Waals surface area contributed by atoms with Crippen LogP contribution in [-0.2, 0) is 0 Å². The zero-order valence-corrected chi connectivity index (χ0v) is 13.7. The fraction of sp³-hybridized carbons (Fsp3) is 0.294. The summed E-state index contributed by atoms with van der Waals surface area (Å²) in [7, 11) is 0. The predicted molar refractivity (Wildman–Crippen MR) is 85.4 cm³/mol. The van der Waals surface area contributed by atoms with Crippen LogP contribution in [0.3, 0.4) is 0 Å². The molecule has 1 nitrogen and oxygen atoms in total. The van der Waals surface area contributed by atoms with E-state index in [0.29, 0.717) is 11.1 Å². The molecule has 0 spiro atoms. The standard InChI is InChI=1S/C17H18BrF2N/c1-3-8-21-17(12-4-6-13(18)7-5-12)14-10-15(19)11(2)9-16(14)20/h4-7,9-10,17,21H,3,8H2,1-2H3. The van der Waals surface area contributed by atoms with Gasteiger partial charge in [-0.05, 0) is 55.3 Å². The Hall–Kier alpha value is -1.26. The lowest BCUT2D eigenvalue weighted by Crippen LogP contribution is -2.24. The fourth-order valence-electron chi connectivity index (χ4n) is 2.23. The maximum atomic E-state index is 14.3. The molecule has 1 N–H and O–H groups in total. The lowest BCUT2D eigenvalue weighted by Gasteiger charge is -2.21. The average Bonchev–Trinajstić information content (AvgIpc) is 2.46. The van der Waals surface area contributed by atoms with E-state index < -0.39 is 0 Å². The molecule has 0 saturated carbocycles. The number of aryl methyl sites for hydroxylation is 1. The Labute approximate surface area is 132 Å². The van der Waals surface area contributed by atoms with Gasteiger partial charge in [0.1, 0.15) is 11.6 Å². The molecule has 21 heavy (non-hydrogen) atoms. The summed E-state index contributed by atoms with van der Waals surface area (Å²) in [6.45, 7) is 4.34. The zero-order chi connectivity index (χ0) is 15.4. The number of rotatable bonds is 5. The van der Waals surface area contributed by atoms with Crippen molar-refractivity contribution in [2.24, 2.45) is 0 Å². The Kier molecular flexibility index (Phi) is 5.48. The van der Waals surface area contributed by atoms with Crippen molar-refractivity contribution in [2.75, 3.05) is 6.54 Å². The molecule has 4 heteroatoms. The van der Waals surface area contributed by atoms with Crippen LogP contribution in [-0.4, -0.2) is 6.54 Å². The average molecular weight is 354 g/mol. The van der Waals surface area contributed by atoms with Crippen molar-refractivity contribution in [3.63, 3.8) is 0 Å². The van der Waals surface area contributed by atoms with Crippen LogP contribution in [0.15, 0.2) is 40.9 Å². The van der Waals surface area contributed by atoms with Crippen LogP contribution in [0.5, 0.6) is 0 Å². The van der Waals surface area contributed by atoms with Gasteiger partial charge in [-0.25, -0.2) is 8.78 Å². The van der Waals surface area contributed by atoms with E-state index >= 15 is 0 Å². The van der Waals surface area contributed by atoms with E-state index in [9.17, 15) is 8.78 Å². The first-order valence-electron chi connectivity index (χ1n) is 6.97. The first-order chi connectivity index (χ1) is 10.0. The summed E-state index contributed by atoms with van der Waals surface area (Å²) < 4.78 is 29.0. The van der Waals surface area contributed by atoms with Gasteiger partial charge in [0.15, 0.2) is 0 Å². The van der Waals surface area contributed by atoms with Gasteiger partial charge in [0.2, 0.25) is 0 Å². The van der Waals surface area contributed by atoms with Crippen molar-refractivity contribution >= 4 is 15.9 Å². The molecule has 1 unspecified atom stereocenters. The van der Waals surface area contributed by atoms with Crippen molar-refractivity contribution in [1.29, 1.82) is 0 Å². The Bertz CT molecular complexity index is 611. The minimum Gasteiger partial charge on any atom is -0.306 e. The monoisotopic (exact) mass is 353 g/mol. The van der Waals surface area contributed by atoms with Gasteiger partial charge in [0.25, 0.3) is 0 Å². The lowest BCUT2D eigenvalue weighted by molar-refractivity contribution is 0.532. The van der Waals surface area contributed by atoms with Gasteiger partial charge in [-0.3, -0.25) is 0 Å². The molecular formula is C17H18BrF2N. The van der Waals surface area contributed by atoms with Crippen LogP contribution in [0.2, 0.25) is 0 Å². The summed E-state index contributed by atoms with van der Waals surface area (Å²) in [5.41, 5.74) is 1.57. The highest BCUT2D eigenvalue weighted by Crippen LogP contribution is 2.27. The predicted octanol–water partition coefficient (Wildman–Crippen LogP) is 5.12. The number of hydrogen-bond donors (Lipinski definition) is 1. The molecule has 0 amide bonds. The van der Waals surface area contributed by atoms with E-state index in [4.69, 9.17) is 0 Å². The van der Waals surface area contributed by atoms with Gasteiger partial charge >= 0.3 is 0 Å². The zero-order valence-electron chi connectivity index (χ0n) is 12.1. The van der Waals surface area contributed by atoms with Gasteiger partial charge in [0.05, 0.1) is 6.04 Å². The molecule has 112 valence electrons. The quantitative estimate of drug-likeness (QED) is 0.785. The maximum Gasteiger partial charge on any atom is 0.128 e. The van der Waals surface area contributed by atoms with Crippen molar-refractivity contribution < 1.29 is 8.78 Å². The number of benzene rings is 2. The van der Waals surface area contributed by atoms with Gasteiger partial charge in [-0.15, -0.1) is 0 Å². The molecule has 0 radical (unpaired) electrons. The van der Waals surface area contributed by atoms with Crippen LogP contribution in [0.25, 0.3) is 0 Å². The van der Waals surface area contributed by atoms with Crippen molar-refractivity contribution in [2.45, 2.75) is 26.3 Å². The van der Waals surface area contributed by atoms with E-state index in [0.717, 1.165) is 23.0 Å². The molecule has 0 aliphatic heterocycles.